The maximum Gasteiger partial charge on any atom is 0.312 e. The molecule has 238 valence electrons. The number of fused-ring (bicyclic) bond motifs is 1. The van der Waals surface area contributed by atoms with Crippen molar-refractivity contribution in [2.45, 2.75) is 149 Å². The number of rotatable bonds is 12. The lowest BCUT2D eigenvalue weighted by molar-refractivity contribution is -0.177. The van der Waals surface area contributed by atoms with Crippen LogP contribution in [0.15, 0.2) is 0 Å². The summed E-state index contributed by atoms with van der Waals surface area (Å²) in [6, 6.07) is 0. The van der Waals surface area contributed by atoms with Crippen LogP contribution >= 0.6 is 0 Å². The summed E-state index contributed by atoms with van der Waals surface area (Å²) in [5, 5.41) is 0. The lowest BCUT2D eigenvalue weighted by atomic mass is 9.72. The number of hydrogen-bond donors (Lipinski definition) is 0. The fourth-order valence-corrected chi connectivity index (χ4v) is 7.73. The van der Waals surface area contributed by atoms with Crippen molar-refractivity contribution in [1.29, 1.82) is 0 Å². The van der Waals surface area contributed by atoms with E-state index < -0.39 is 27.9 Å². The minimum Gasteiger partial charge on any atom is -0.469 e. The third-order valence-electron chi connectivity index (χ3n) is 11.3. The smallest absolute Gasteiger partial charge is 0.312 e. The van der Waals surface area contributed by atoms with Crippen molar-refractivity contribution in [3.8, 4) is 0 Å². The van der Waals surface area contributed by atoms with Gasteiger partial charge in [-0.3, -0.25) is 19.2 Å². The average molecular weight is 591 g/mol. The summed E-state index contributed by atoms with van der Waals surface area (Å²) < 4.78 is 23.2. The number of carbonyl (C=O) groups is 4. The second-order valence-corrected chi connectivity index (χ2v) is 15.3. The van der Waals surface area contributed by atoms with E-state index in [2.05, 4.69) is 6.92 Å². The molecule has 3 saturated carbocycles. The van der Waals surface area contributed by atoms with E-state index >= 15 is 0 Å². The zero-order chi connectivity index (χ0) is 30.9. The van der Waals surface area contributed by atoms with E-state index in [1.54, 1.807) is 0 Å². The molecule has 0 radical (unpaired) electrons. The molecule has 3 aliphatic carbocycles. The lowest BCUT2D eigenvalue weighted by Crippen LogP contribution is -2.43. The summed E-state index contributed by atoms with van der Waals surface area (Å²) in [6.07, 6.45) is 10.8. The number of hydrogen-bond acceptors (Lipinski definition) is 8. The van der Waals surface area contributed by atoms with Crippen molar-refractivity contribution in [3.63, 3.8) is 0 Å². The van der Waals surface area contributed by atoms with Crippen molar-refractivity contribution in [1.82, 2.24) is 0 Å². The predicted molar refractivity (Wildman–Crippen MR) is 157 cm³/mol. The number of esters is 4. The van der Waals surface area contributed by atoms with E-state index in [1.165, 1.54) is 26.4 Å². The molecule has 8 nitrogen and oxygen atoms in total. The van der Waals surface area contributed by atoms with Gasteiger partial charge in [-0.25, -0.2) is 0 Å². The van der Waals surface area contributed by atoms with E-state index in [-0.39, 0.29) is 47.7 Å². The van der Waals surface area contributed by atoms with Crippen LogP contribution < -0.4 is 0 Å². The van der Waals surface area contributed by atoms with Gasteiger partial charge in [-0.2, -0.15) is 0 Å². The van der Waals surface area contributed by atoms with Gasteiger partial charge in [0.1, 0.15) is 17.8 Å². The molecule has 0 N–H and O–H groups in total. The first kappa shape index (κ1) is 32.8. The van der Waals surface area contributed by atoms with Gasteiger partial charge in [0.15, 0.2) is 0 Å². The Morgan fingerprint density at radius 3 is 1.98 bits per heavy atom. The molecule has 1 aliphatic heterocycles. The van der Waals surface area contributed by atoms with Gasteiger partial charge in [-0.15, -0.1) is 0 Å². The Morgan fingerprint density at radius 2 is 1.40 bits per heavy atom. The molecule has 0 aromatic heterocycles. The number of ether oxygens (including phenoxy) is 4. The van der Waals surface area contributed by atoms with Crippen molar-refractivity contribution < 1.29 is 38.1 Å². The van der Waals surface area contributed by atoms with Crippen LogP contribution in [0.4, 0.5) is 0 Å². The van der Waals surface area contributed by atoms with Crippen LogP contribution in [0, 0.1) is 34.0 Å². The standard InChI is InChI=1S/C34H54O8/c1-8-34(14-12-10-9-11-13-15-34)42-29(37)32(4,5)17-19-33(6,18-16-31(2,3)28(36)39-7)30(38)41-25-22-20-23-24(21-22)27(35)40-26(23)25/h22-26H,8-21H2,1-7H3. The largest absolute Gasteiger partial charge is 0.469 e. The molecule has 42 heavy (non-hydrogen) atoms. The van der Waals surface area contributed by atoms with Crippen LogP contribution in [-0.2, 0) is 38.1 Å². The molecule has 0 aromatic carbocycles. The summed E-state index contributed by atoms with van der Waals surface area (Å²) in [4.78, 5) is 52.4. The van der Waals surface area contributed by atoms with Gasteiger partial charge in [0.25, 0.3) is 0 Å². The summed E-state index contributed by atoms with van der Waals surface area (Å²) >= 11 is 0. The molecule has 1 saturated heterocycles. The number of methoxy groups -OCH3 is 1. The average Bonchev–Trinajstić information content (AvgIpc) is 3.57. The quantitative estimate of drug-likeness (QED) is 0.182. The Kier molecular flexibility index (Phi) is 9.74. The Hall–Kier alpha value is -2.12. The number of carbonyl (C=O) groups excluding carboxylic acids is 4. The first-order chi connectivity index (χ1) is 19.7. The van der Waals surface area contributed by atoms with Crippen molar-refractivity contribution in [2.24, 2.45) is 34.0 Å². The van der Waals surface area contributed by atoms with Crippen LogP contribution in [0.25, 0.3) is 0 Å². The lowest BCUT2D eigenvalue weighted by Gasteiger charge is -2.38. The highest BCUT2D eigenvalue weighted by atomic mass is 16.6. The predicted octanol–water partition coefficient (Wildman–Crippen LogP) is 6.71. The van der Waals surface area contributed by atoms with Crippen LogP contribution in [-0.4, -0.2) is 48.8 Å². The van der Waals surface area contributed by atoms with E-state index in [0.717, 1.165) is 38.5 Å². The van der Waals surface area contributed by atoms with Gasteiger partial charge >= 0.3 is 23.9 Å². The van der Waals surface area contributed by atoms with Crippen LogP contribution in [0.2, 0.25) is 0 Å². The molecule has 1 heterocycles. The van der Waals surface area contributed by atoms with Gasteiger partial charge in [0, 0.05) is 11.8 Å². The van der Waals surface area contributed by atoms with Gasteiger partial charge in [0.2, 0.25) is 0 Å². The van der Waals surface area contributed by atoms with Gasteiger partial charge in [-0.1, -0.05) is 26.2 Å². The first-order valence-electron chi connectivity index (χ1n) is 16.4. The Labute approximate surface area is 252 Å². The van der Waals surface area contributed by atoms with Crippen molar-refractivity contribution in [2.75, 3.05) is 7.11 Å². The van der Waals surface area contributed by atoms with Gasteiger partial charge in [0.05, 0.1) is 29.3 Å². The fraction of sp³-hybridized carbons (Fsp3) is 0.882. The van der Waals surface area contributed by atoms with Crippen molar-refractivity contribution in [3.05, 3.63) is 0 Å². The van der Waals surface area contributed by atoms with Gasteiger partial charge < -0.3 is 18.9 Å². The third-order valence-corrected chi connectivity index (χ3v) is 11.3. The molecule has 4 aliphatic rings. The minimum absolute atomic E-state index is 0.0572. The van der Waals surface area contributed by atoms with E-state index in [1.807, 2.05) is 34.6 Å². The molecular formula is C34H54O8. The van der Waals surface area contributed by atoms with Crippen LogP contribution in [0.1, 0.15) is 131 Å². The summed E-state index contributed by atoms with van der Waals surface area (Å²) in [7, 11) is 1.37. The second kappa shape index (κ2) is 12.5. The highest BCUT2D eigenvalue weighted by molar-refractivity contribution is 5.80. The molecule has 2 bridgehead atoms. The van der Waals surface area contributed by atoms with E-state index in [9.17, 15) is 19.2 Å². The Balaban J connectivity index is 1.47. The zero-order valence-electron chi connectivity index (χ0n) is 27.1. The molecule has 8 heteroatoms. The second-order valence-electron chi connectivity index (χ2n) is 15.3. The maximum atomic E-state index is 14.0. The highest BCUT2D eigenvalue weighted by Gasteiger charge is 2.63. The summed E-state index contributed by atoms with van der Waals surface area (Å²) in [6.45, 7) is 11.4. The molecule has 0 aromatic rings. The Morgan fingerprint density at radius 1 is 0.833 bits per heavy atom. The van der Waals surface area contributed by atoms with Crippen molar-refractivity contribution >= 4 is 23.9 Å². The van der Waals surface area contributed by atoms with E-state index in [0.29, 0.717) is 32.1 Å². The molecule has 4 rings (SSSR count). The maximum absolute atomic E-state index is 14.0. The molecule has 6 unspecified atom stereocenters. The van der Waals surface area contributed by atoms with Crippen LogP contribution in [0.3, 0.4) is 0 Å². The minimum atomic E-state index is -0.949. The zero-order valence-corrected chi connectivity index (χ0v) is 27.1. The summed E-state index contributed by atoms with van der Waals surface area (Å²) in [5.41, 5.74) is -2.95. The van der Waals surface area contributed by atoms with Crippen LogP contribution in [0.5, 0.6) is 0 Å². The Bertz CT molecular complexity index is 1020. The first-order valence-corrected chi connectivity index (χ1v) is 16.4. The molecule has 4 fully saturated rings. The molecule has 0 amide bonds. The highest BCUT2D eigenvalue weighted by Crippen LogP contribution is 2.56. The normalized spacial score (nSPS) is 30.1. The monoisotopic (exact) mass is 590 g/mol. The molecule has 6 atom stereocenters. The SMILES string of the molecule is CCC1(OC(=O)C(C)(C)CCC(C)(CCC(C)(C)C(=O)OC)C(=O)OC2C3CC4C(=O)OC2C4C3)CCCCCCC1. The topological polar surface area (TPSA) is 105 Å². The summed E-state index contributed by atoms with van der Waals surface area (Å²) in [5.74, 6) is -0.847. The third kappa shape index (κ3) is 6.67. The van der Waals surface area contributed by atoms with E-state index in [4.69, 9.17) is 18.9 Å². The molecular weight excluding hydrogens is 536 g/mol. The molecule has 0 spiro atoms. The fourth-order valence-electron chi connectivity index (χ4n) is 7.73. The van der Waals surface area contributed by atoms with Gasteiger partial charge in [-0.05, 0) is 105 Å².